The molecular formula is C16H18ClN3O3S. The van der Waals surface area contributed by atoms with Crippen molar-refractivity contribution in [2.75, 3.05) is 16.8 Å². The maximum absolute atomic E-state index is 12.3. The zero-order valence-electron chi connectivity index (χ0n) is 13.2. The standard InChI is InChI=1S/C16H18ClN3O3S/c1-11-8-15(20(19-11)14-6-7-24(22,23)10-14)18-16(21)9-12-2-4-13(17)5-3-12/h2-5,8,14H,6-7,9-10H2,1H3,(H,18,21)/t14-/m0/s1. The molecule has 0 saturated carbocycles. The number of benzene rings is 1. The number of rotatable bonds is 4. The number of aryl methyl sites for hydroxylation is 1. The monoisotopic (exact) mass is 367 g/mol. The molecule has 8 heteroatoms. The molecule has 0 unspecified atom stereocenters. The topological polar surface area (TPSA) is 81.1 Å². The number of carbonyl (C=O) groups is 1. The Labute approximate surface area is 145 Å². The van der Waals surface area contributed by atoms with Gasteiger partial charge in [0, 0.05) is 11.1 Å². The molecule has 1 aliphatic rings. The lowest BCUT2D eigenvalue weighted by Crippen LogP contribution is -2.20. The summed E-state index contributed by atoms with van der Waals surface area (Å²) in [5.74, 6) is 0.580. The summed E-state index contributed by atoms with van der Waals surface area (Å²) in [6.45, 7) is 1.81. The van der Waals surface area contributed by atoms with Gasteiger partial charge in [0.25, 0.3) is 0 Å². The summed E-state index contributed by atoms with van der Waals surface area (Å²) in [6.07, 6.45) is 0.730. The predicted molar refractivity (Wildman–Crippen MR) is 93.1 cm³/mol. The van der Waals surface area contributed by atoms with Crippen LogP contribution in [-0.2, 0) is 21.1 Å². The lowest BCUT2D eigenvalue weighted by Gasteiger charge is -2.13. The maximum Gasteiger partial charge on any atom is 0.229 e. The van der Waals surface area contributed by atoms with Gasteiger partial charge >= 0.3 is 0 Å². The van der Waals surface area contributed by atoms with E-state index in [-0.39, 0.29) is 29.9 Å². The normalized spacial score (nSPS) is 19.3. The summed E-state index contributed by atoms with van der Waals surface area (Å²) in [6, 6.07) is 8.60. The predicted octanol–water partition coefficient (Wildman–Crippen LogP) is 2.39. The zero-order valence-corrected chi connectivity index (χ0v) is 14.8. The summed E-state index contributed by atoms with van der Waals surface area (Å²) >= 11 is 5.84. The number of amides is 1. The van der Waals surface area contributed by atoms with Crippen molar-refractivity contribution in [2.24, 2.45) is 0 Å². The molecule has 1 saturated heterocycles. The number of aromatic nitrogens is 2. The molecule has 1 fully saturated rings. The van der Waals surface area contributed by atoms with Crippen LogP contribution in [0.5, 0.6) is 0 Å². The van der Waals surface area contributed by atoms with E-state index in [1.807, 2.05) is 6.92 Å². The molecule has 1 atom stereocenters. The Morgan fingerprint density at radius 2 is 2.08 bits per heavy atom. The first-order valence-corrected chi connectivity index (χ1v) is 9.83. The third kappa shape index (κ3) is 3.96. The SMILES string of the molecule is Cc1cc(NC(=O)Cc2ccc(Cl)cc2)n([C@H]2CCS(=O)(=O)C2)n1. The Kier molecular flexibility index (Phi) is 4.64. The molecule has 0 aliphatic carbocycles. The van der Waals surface area contributed by atoms with E-state index in [9.17, 15) is 13.2 Å². The van der Waals surface area contributed by atoms with E-state index in [1.165, 1.54) is 0 Å². The average molecular weight is 368 g/mol. The van der Waals surface area contributed by atoms with E-state index >= 15 is 0 Å². The number of hydrogen-bond donors (Lipinski definition) is 1. The highest BCUT2D eigenvalue weighted by Crippen LogP contribution is 2.27. The van der Waals surface area contributed by atoms with Crippen LogP contribution in [0.2, 0.25) is 5.02 Å². The first kappa shape index (κ1) is 17.0. The third-order valence-corrected chi connectivity index (χ3v) is 5.96. The van der Waals surface area contributed by atoms with Crippen LogP contribution in [0.3, 0.4) is 0 Å². The highest BCUT2D eigenvalue weighted by atomic mass is 35.5. The van der Waals surface area contributed by atoms with E-state index < -0.39 is 9.84 Å². The molecule has 3 rings (SSSR count). The van der Waals surface area contributed by atoms with Crippen molar-refractivity contribution in [3.8, 4) is 0 Å². The second-order valence-electron chi connectivity index (χ2n) is 6.02. The summed E-state index contributed by atoms with van der Waals surface area (Å²) in [7, 11) is -3.02. The molecule has 2 heterocycles. The van der Waals surface area contributed by atoms with Crippen LogP contribution < -0.4 is 5.32 Å². The fraction of sp³-hybridized carbons (Fsp3) is 0.375. The minimum Gasteiger partial charge on any atom is -0.311 e. The molecule has 24 heavy (non-hydrogen) atoms. The van der Waals surface area contributed by atoms with Crippen LogP contribution in [0.25, 0.3) is 0 Å². The lowest BCUT2D eigenvalue weighted by atomic mass is 10.1. The van der Waals surface area contributed by atoms with E-state index in [1.54, 1.807) is 35.0 Å². The molecule has 6 nitrogen and oxygen atoms in total. The van der Waals surface area contributed by atoms with E-state index in [0.29, 0.717) is 17.3 Å². The summed E-state index contributed by atoms with van der Waals surface area (Å²) < 4.78 is 25.0. The first-order chi connectivity index (χ1) is 11.3. The van der Waals surface area contributed by atoms with Crippen molar-refractivity contribution in [1.82, 2.24) is 9.78 Å². The molecule has 1 amide bonds. The van der Waals surface area contributed by atoms with Gasteiger partial charge in [-0.3, -0.25) is 4.79 Å². The quantitative estimate of drug-likeness (QED) is 0.899. The van der Waals surface area contributed by atoms with Crippen molar-refractivity contribution < 1.29 is 13.2 Å². The Hall–Kier alpha value is -1.86. The van der Waals surface area contributed by atoms with Gasteiger partial charge in [-0.2, -0.15) is 5.10 Å². The molecule has 0 bridgehead atoms. The number of halogens is 1. The fourth-order valence-electron chi connectivity index (χ4n) is 2.83. The average Bonchev–Trinajstić information content (AvgIpc) is 3.03. The molecule has 2 aromatic rings. The van der Waals surface area contributed by atoms with Crippen LogP contribution in [0.4, 0.5) is 5.82 Å². The summed E-state index contributed by atoms with van der Waals surface area (Å²) in [5.41, 5.74) is 1.59. The Balaban J connectivity index is 1.73. The smallest absolute Gasteiger partial charge is 0.229 e. The van der Waals surface area contributed by atoms with Gasteiger partial charge < -0.3 is 5.32 Å². The number of nitrogens with zero attached hydrogens (tertiary/aromatic N) is 2. The van der Waals surface area contributed by atoms with Gasteiger partial charge in [-0.25, -0.2) is 13.1 Å². The number of nitrogens with one attached hydrogen (secondary N) is 1. The van der Waals surface area contributed by atoms with Gasteiger partial charge in [-0.1, -0.05) is 23.7 Å². The van der Waals surface area contributed by atoms with Crippen LogP contribution in [0, 0.1) is 6.92 Å². The van der Waals surface area contributed by atoms with Crippen molar-refractivity contribution >= 4 is 33.2 Å². The van der Waals surface area contributed by atoms with Gasteiger partial charge in [-0.05, 0) is 31.0 Å². The van der Waals surface area contributed by atoms with Gasteiger partial charge in [0.05, 0.1) is 29.7 Å². The number of sulfone groups is 1. The lowest BCUT2D eigenvalue weighted by molar-refractivity contribution is -0.115. The number of hydrogen-bond acceptors (Lipinski definition) is 4. The van der Waals surface area contributed by atoms with Crippen molar-refractivity contribution in [3.63, 3.8) is 0 Å². The van der Waals surface area contributed by atoms with E-state index in [2.05, 4.69) is 10.4 Å². The fourth-order valence-corrected chi connectivity index (χ4v) is 4.65. The van der Waals surface area contributed by atoms with Crippen LogP contribution in [0.1, 0.15) is 23.7 Å². The molecule has 0 radical (unpaired) electrons. The Morgan fingerprint density at radius 1 is 1.38 bits per heavy atom. The molecule has 1 N–H and O–H groups in total. The van der Waals surface area contributed by atoms with Gasteiger partial charge in [0.15, 0.2) is 9.84 Å². The molecular weight excluding hydrogens is 350 g/mol. The number of anilines is 1. The second-order valence-corrected chi connectivity index (χ2v) is 8.69. The van der Waals surface area contributed by atoms with Crippen molar-refractivity contribution in [3.05, 3.63) is 46.6 Å². The van der Waals surface area contributed by atoms with Crippen LogP contribution >= 0.6 is 11.6 Å². The highest BCUT2D eigenvalue weighted by molar-refractivity contribution is 7.91. The Bertz CT molecular complexity index is 859. The van der Waals surface area contributed by atoms with Crippen LogP contribution in [-0.4, -0.2) is 35.6 Å². The van der Waals surface area contributed by atoms with E-state index in [0.717, 1.165) is 11.3 Å². The maximum atomic E-state index is 12.3. The van der Waals surface area contributed by atoms with Gasteiger partial charge in [-0.15, -0.1) is 0 Å². The van der Waals surface area contributed by atoms with Gasteiger partial charge in [0.1, 0.15) is 5.82 Å². The third-order valence-electron chi connectivity index (χ3n) is 3.96. The van der Waals surface area contributed by atoms with Crippen molar-refractivity contribution in [1.29, 1.82) is 0 Å². The largest absolute Gasteiger partial charge is 0.311 e. The van der Waals surface area contributed by atoms with Crippen molar-refractivity contribution in [2.45, 2.75) is 25.8 Å². The second kappa shape index (κ2) is 6.57. The molecule has 1 aromatic heterocycles. The number of carbonyl (C=O) groups excluding carboxylic acids is 1. The molecule has 1 aliphatic heterocycles. The zero-order chi connectivity index (χ0) is 17.3. The Morgan fingerprint density at radius 3 is 2.71 bits per heavy atom. The van der Waals surface area contributed by atoms with E-state index in [4.69, 9.17) is 11.6 Å². The first-order valence-electron chi connectivity index (χ1n) is 7.63. The summed E-state index contributed by atoms with van der Waals surface area (Å²) in [5, 5.41) is 7.80. The van der Waals surface area contributed by atoms with Gasteiger partial charge in [0.2, 0.25) is 5.91 Å². The molecule has 0 spiro atoms. The highest BCUT2D eigenvalue weighted by Gasteiger charge is 2.31. The molecule has 128 valence electrons. The summed E-state index contributed by atoms with van der Waals surface area (Å²) in [4.78, 5) is 12.3. The minimum atomic E-state index is -3.02. The minimum absolute atomic E-state index is 0.0637. The van der Waals surface area contributed by atoms with Crippen LogP contribution in [0.15, 0.2) is 30.3 Å². The molecule has 1 aromatic carbocycles.